The van der Waals surface area contributed by atoms with Crippen LogP contribution in [-0.2, 0) is 0 Å². The molecule has 1 aromatic carbocycles. The van der Waals surface area contributed by atoms with E-state index in [0.717, 1.165) is 0 Å². The Labute approximate surface area is 83.8 Å². The maximum absolute atomic E-state index is 13.3. The number of nitrogens with two attached hydrogens (primary N) is 1. The van der Waals surface area contributed by atoms with Crippen molar-refractivity contribution in [2.24, 2.45) is 0 Å². The summed E-state index contributed by atoms with van der Waals surface area (Å²) in [6.45, 7) is 0. The Kier molecular flexibility index (Phi) is 2.98. The summed E-state index contributed by atoms with van der Waals surface area (Å²) in [6, 6.07) is 1.52. The van der Waals surface area contributed by atoms with Crippen LogP contribution >= 0.6 is 15.9 Å². The van der Waals surface area contributed by atoms with E-state index < -0.39 is 5.82 Å². The SMILES string of the molecule is COc1cc(OC)c(Br)c(F)c1N. The second-order valence-corrected chi connectivity index (χ2v) is 3.12. The number of halogens is 2. The number of anilines is 1. The highest BCUT2D eigenvalue weighted by molar-refractivity contribution is 9.10. The van der Waals surface area contributed by atoms with Gasteiger partial charge in [0.15, 0.2) is 5.82 Å². The summed E-state index contributed by atoms with van der Waals surface area (Å²) in [6.07, 6.45) is 0. The Morgan fingerprint density at radius 3 is 2.31 bits per heavy atom. The first-order valence-electron chi connectivity index (χ1n) is 3.47. The maximum Gasteiger partial charge on any atom is 0.167 e. The third kappa shape index (κ3) is 1.70. The molecule has 13 heavy (non-hydrogen) atoms. The fraction of sp³-hybridized carbons (Fsp3) is 0.250. The standard InChI is InChI=1S/C8H9BrFNO2/c1-12-4-3-5(13-2)8(11)7(10)6(4)9/h3H,11H2,1-2H3. The molecule has 0 radical (unpaired) electrons. The van der Waals surface area contributed by atoms with Crippen LogP contribution in [0.4, 0.5) is 10.1 Å². The first-order chi connectivity index (χ1) is 6.11. The van der Waals surface area contributed by atoms with Crippen LogP contribution in [0.15, 0.2) is 10.5 Å². The van der Waals surface area contributed by atoms with Crippen molar-refractivity contribution >= 4 is 21.6 Å². The average molecular weight is 250 g/mol. The zero-order valence-electron chi connectivity index (χ0n) is 7.23. The summed E-state index contributed by atoms with van der Waals surface area (Å²) in [4.78, 5) is 0. The van der Waals surface area contributed by atoms with E-state index in [0.29, 0.717) is 5.75 Å². The van der Waals surface area contributed by atoms with Crippen LogP contribution in [0.1, 0.15) is 0 Å². The zero-order chi connectivity index (χ0) is 10.0. The van der Waals surface area contributed by atoms with E-state index in [2.05, 4.69) is 15.9 Å². The highest BCUT2D eigenvalue weighted by Crippen LogP contribution is 2.37. The van der Waals surface area contributed by atoms with Gasteiger partial charge in [-0.15, -0.1) is 0 Å². The molecule has 0 bridgehead atoms. The van der Waals surface area contributed by atoms with Crippen LogP contribution in [0, 0.1) is 5.82 Å². The van der Waals surface area contributed by atoms with E-state index in [-0.39, 0.29) is 15.9 Å². The van der Waals surface area contributed by atoms with E-state index in [1.54, 1.807) is 0 Å². The molecule has 0 aromatic heterocycles. The molecule has 72 valence electrons. The minimum absolute atomic E-state index is 0.0322. The molecule has 5 heteroatoms. The predicted molar refractivity (Wildman–Crippen MR) is 51.6 cm³/mol. The summed E-state index contributed by atoms with van der Waals surface area (Å²) in [5, 5.41) is 0. The third-order valence-electron chi connectivity index (χ3n) is 1.61. The Morgan fingerprint density at radius 1 is 1.31 bits per heavy atom. The molecule has 0 unspecified atom stereocenters. The Morgan fingerprint density at radius 2 is 1.85 bits per heavy atom. The fourth-order valence-corrected chi connectivity index (χ4v) is 1.40. The minimum Gasteiger partial charge on any atom is -0.495 e. The summed E-state index contributed by atoms with van der Waals surface area (Å²) in [5.41, 5.74) is 5.40. The molecule has 0 spiro atoms. The lowest BCUT2D eigenvalue weighted by Gasteiger charge is -2.10. The van der Waals surface area contributed by atoms with Gasteiger partial charge in [0.2, 0.25) is 0 Å². The lowest BCUT2D eigenvalue weighted by atomic mass is 10.2. The van der Waals surface area contributed by atoms with E-state index in [1.807, 2.05) is 0 Å². The molecule has 0 aliphatic carbocycles. The first kappa shape index (κ1) is 10.1. The van der Waals surface area contributed by atoms with E-state index in [4.69, 9.17) is 15.2 Å². The minimum atomic E-state index is -0.573. The van der Waals surface area contributed by atoms with Gasteiger partial charge in [0, 0.05) is 6.07 Å². The maximum atomic E-state index is 13.3. The molecule has 2 N–H and O–H groups in total. The molecule has 0 aliphatic rings. The van der Waals surface area contributed by atoms with Gasteiger partial charge in [0.05, 0.1) is 18.7 Å². The van der Waals surface area contributed by atoms with Crippen molar-refractivity contribution in [2.75, 3.05) is 20.0 Å². The molecule has 1 aromatic rings. The summed E-state index contributed by atoms with van der Waals surface area (Å²) in [7, 11) is 2.85. The van der Waals surface area contributed by atoms with Gasteiger partial charge in [0.1, 0.15) is 17.2 Å². The normalized spacial score (nSPS) is 9.85. The van der Waals surface area contributed by atoms with Crippen molar-refractivity contribution in [3.63, 3.8) is 0 Å². The van der Waals surface area contributed by atoms with Gasteiger partial charge in [-0.1, -0.05) is 0 Å². The van der Waals surface area contributed by atoms with Gasteiger partial charge in [-0.25, -0.2) is 4.39 Å². The highest BCUT2D eigenvalue weighted by Gasteiger charge is 2.15. The molecule has 0 saturated carbocycles. The van der Waals surface area contributed by atoms with Crippen molar-refractivity contribution < 1.29 is 13.9 Å². The van der Waals surface area contributed by atoms with Gasteiger partial charge in [-0.3, -0.25) is 0 Å². The van der Waals surface area contributed by atoms with E-state index in [1.165, 1.54) is 20.3 Å². The van der Waals surface area contributed by atoms with Gasteiger partial charge in [-0.05, 0) is 15.9 Å². The molecule has 0 atom stereocenters. The Balaban J connectivity index is 3.36. The van der Waals surface area contributed by atoms with Gasteiger partial charge in [-0.2, -0.15) is 0 Å². The second kappa shape index (κ2) is 3.83. The number of ether oxygens (including phenoxy) is 2. The highest BCUT2D eigenvalue weighted by atomic mass is 79.9. The van der Waals surface area contributed by atoms with Gasteiger partial charge in [0.25, 0.3) is 0 Å². The number of hydrogen-bond acceptors (Lipinski definition) is 3. The number of hydrogen-bond donors (Lipinski definition) is 1. The van der Waals surface area contributed by atoms with Crippen LogP contribution in [0.5, 0.6) is 11.5 Å². The second-order valence-electron chi connectivity index (χ2n) is 2.32. The van der Waals surface area contributed by atoms with Gasteiger partial charge >= 0.3 is 0 Å². The Bertz CT molecular complexity index is 302. The van der Waals surface area contributed by atoms with Crippen molar-refractivity contribution in [2.45, 2.75) is 0 Å². The molecule has 0 aliphatic heterocycles. The summed E-state index contributed by atoms with van der Waals surface area (Å²) < 4.78 is 23.3. The number of benzene rings is 1. The first-order valence-corrected chi connectivity index (χ1v) is 4.26. The van der Waals surface area contributed by atoms with E-state index >= 15 is 0 Å². The molecule has 0 heterocycles. The van der Waals surface area contributed by atoms with Crippen molar-refractivity contribution in [3.05, 3.63) is 16.4 Å². The third-order valence-corrected chi connectivity index (χ3v) is 2.35. The zero-order valence-corrected chi connectivity index (χ0v) is 8.81. The van der Waals surface area contributed by atoms with Crippen LogP contribution in [0.3, 0.4) is 0 Å². The lowest BCUT2D eigenvalue weighted by molar-refractivity contribution is 0.388. The van der Waals surface area contributed by atoms with Crippen LogP contribution < -0.4 is 15.2 Å². The summed E-state index contributed by atoms with van der Waals surface area (Å²) >= 11 is 3.02. The van der Waals surface area contributed by atoms with Crippen LogP contribution in [0.25, 0.3) is 0 Å². The Hall–Kier alpha value is -0.970. The van der Waals surface area contributed by atoms with Crippen LogP contribution in [-0.4, -0.2) is 14.2 Å². The monoisotopic (exact) mass is 249 g/mol. The van der Waals surface area contributed by atoms with Gasteiger partial charge < -0.3 is 15.2 Å². The molecule has 0 amide bonds. The van der Waals surface area contributed by atoms with Crippen molar-refractivity contribution in [1.29, 1.82) is 0 Å². The lowest BCUT2D eigenvalue weighted by Crippen LogP contribution is -1.98. The number of methoxy groups -OCH3 is 2. The van der Waals surface area contributed by atoms with Crippen molar-refractivity contribution in [1.82, 2.24) is 0 Å². The van der Waals surface area contributed by atoms with Crippen LogP contribution in [0.2, 0.25) is 0 Å². The topological polar surface area (TPSA) is 44.5 Å². The number of nitrogen functional groups attached to an aromatic ring is 1. The smallest absolute Gasteiger partial charge is 0.167 e. The molecule has 0 saturated heterocycles. The fourth-order valence-electron chi connectivity index (χ4n) is 0.912. The molecule has 1 rings (SSSR count). The van der Waals surface area contributed by atoms with Crippen molar-refractivity contribution in [3.8, 4) is 11.5 Å². The predicted octanol–water partition coefficient (Wildman–Crippen LogP) is 2.19. The summed E-state index contributed by atoms with van der Waals surface area (Å²) in [5.74, 6) is 0.0392. The number of rotatable bonds is 2. The molecule has 3 nitrogen and oxygen atoms in total. The van der Waals surface area contributed by atoms with E-state index in [9.17, 15) is 4.39 Å². The molecular weight excluding hydrogens is 241 g/mol. The average Bonchev–Trinajstić information content (AvgIpc) is 2.15. The quantitative estimate of drug-likeness (QED) is 0.818. The molecular formula is C8H9BrFNO2. The largest absolute Gasteiger partial charge is 0.495 e. The molecule has 0 fully saturated rings.